The molecule has 0 aliphatic carbocycles. The molecule has 0 fully saturated rings. The van der Waals surface area contributed by atoms with Gasteiger partial charge in [0.2, 0.25) is 5.78 Å². The molecule has 15 heavy (non-hydrogen) atoms. The first-order valence-corrected chi connectivity index (χ1v) is 4.12. The molecule has 0 saturated heterocycles. The minimum atomic E-state index is -3.03. The Hall–Kier alpha value is -1.30. The van der Waals surface area contributed by atoms with Crippen molar-refractivity contribution in [3.05, 3.63) is 12.2 Å². The van der Waals surface area contributed by atoms with Crippen LogP contribution in [0.25, 0.3) is 0 Å². The molecule has 0 radical (unpaired) electrons. The third-order valence-electron chi connectivity index (χ3n) is 1.60. The van der Waals surface area contributed by atoms with Crippen LogP contribution in [0.1, 0.15) is 6.42 Å². The third-order valence-corrected chi connectivity index (χ3v) is 1.60. The molecule has 0 aromatic rings. The number of ketones is 1. The predicted molar refractivity (Wildman–Crippen MR) is 47.6 cm³/mol. The molecule has 0 amide bonds. The normalized spacial score (nSPS) is 13.1. The molecule has 0 aliphatic rings. The highest BCUT2D eigenvalue weighted by Crippen LogP contribution is 2.02. The van der Waals surface area contributed by atoms with Crippen LogP contribution in [0.5, 0.6) is 0 Å². The van der Waals surface area contributed by atoms with Crippen molar-refractivity contribution in [2.45, 2.75) is 19.0 Å². The van der Waals surface area contributed by atoms with Crippen molar-refractivity contribution in [1.82, 2.24) is 0 Å². The average Bonchev–Trinajstić information content (AvgIpc) is 2.22. The maximum absolute atomic E-state index is 11.7. The quantitative estimate of drug-likeness (QED) is 0.496. The van der Waals surface area contributed by atoms with Crippen LogP contribution in [0.4, 0.5) is 8.78 Å². The number of ether oxygens (including phenoxy) is 2. The molecular weight excluding hydrogens is 210 g/mol. The summed E-state index contributed by atoms with van der Waals surface area (Å²) in [7, 11) is 2.47. The molecule has 6 heteroatoms. The van der Waals surface area contributed by atoms with E-state index in [4.69, 9.17) is 4.74 Å². The Kier molecular flexibility index (Phi) is 6.44. The number of allylic oxidation sites excluding steroid dienone is 1. The standard InChI is InChI=1S/C9H12F2O4/c1-14-7(9(13)15-2)5-3-4-6(12)8(10)11/h3-4,7-8H,5H2,1-2H3/b4-3+. The van der Waals surface area contributed by atoms with E-state index >= 15 is 0 Å². The van der Waals surface area contributed by atoms with Gasteiger partial charge >= 0.3 is 5.97 Å². The average molecular weight is 222 g/mol. The number of rotatable bonds is 6. The summed E-state index contributed by atoms with van der Waals surface area (Å²) in [6, 6.07) is 0. The lowest BCUT2D eigenvalue weighted by Gasteiger charge is -2.09. The zero-order chi connectivity index (χ0) is 11.8. The second-order valence-electron chi connectivity index (χ2n) is 2.59. The number of halogens is 2. The van der Waals surface area contributed by atoms with E-state index in [1.165, 1.54) is 14.2 Å². The van der Waals surface area contributed by atoms with Gasteiger partial charge in [0.25, 0.3) is 6.43 Å². The van der Waals surface area contributed by atoms with Gasteiger partial charge < -0.3 is 9.47 Å². The first-order chi connectivity index (χ1) is 7.02. The summed E-state index contributed by atoms with van der Waals surface area (Å²) in [5.74, 6) is -1.92. The van der Waals surface area contributed by atoms with Crippen molar-refractivity contribution in [3.63, 3.8) is 0 Å². The summed E-state index contributed by atoms with van der Waals surface area (Å²) in [5.41, 5.74) is 0. The molecule has 86 valence electrons. The van der Waals surface area contributed by atoms with E-state index in [0.717, 1.165) is 12.2 Å². The Morgan fingerprint density at radius 1 is 1.33 bits per heavy atom. The lowest BCUT2D eigenvalue weighted by molar-refractivity contribution is -0.152. The number of methoxy groups -OCH3 is 2. The fourth-order valence-electron chi connectivity index (χ4n) is 0.801. The van der Waals surface area contributed by atoms with Gasteiger partial charge in [-0.1, -0.05) is 6.08 Å². The van der Waals surface area contributed by atoms with Gasteiger partial charge in [0.1, 0.15) is 0 Å². The smallest absolute Gasteiger partial charge is 0.335 e. The van der Waals surface area contributed by atoms with E-state index in [-0.39, 0.29) is 6.42 Å². The number of hydrogen-bond acceptors (Lipinski definition) is 4. The van der Waals surface area contributed by atoms with Crippen LogP contribution < -0.4 is 0 Å². The highest BCUT2D eigenvalue weighted by atomic mass is 19.3. The molecule has 0 N–H and O–H groups in total. The predicted octanol–water partition coefficient (Wildman–Crippen LogP) is 0.955. The topological polar surface area (TPSA) is 52.6 Å². The molecule has 0 aromatic heterocycles. The Bertz CT molecular complexity index is 250. The lowest BCUT2D eigenvalue weighted by Crippen LogP contribution is -2.23. The van der Waals surface area contributed by atoms with Crippen molar-refractivity contribution < 1.29 is 27.8 Å². The maximum Gasteiger partial charge on any atom is 0.335 e. The first kappa shape index (κ1) is 13.7. The van der Waals surface area contributed by atoms with Gasteiger partial charge in [-0.15, -0.1) is 0 Å². The molecule has 0 aliphatic heterocycles. The van der Waals surface area contributed by atoms with Crippen molar-refractivity contribution >= 4 is 11.8 Å². The van der Waals surface area contributed by atoms with Crippen LogP contribution in [0, 0.1) is 0 Å². The molecule has 1 unspecified atom stereocenters. The maximum atomic E-state index is 11.7. The highest BCUT2D eigenvalue weighted by molar-refractivity contribution is 5.92. The molecule has 0 aromatic carbocycles. The molecule has 0 spiro atoms. The van der Waals surface area contributed by atoms with Crippen LogP contribution >= 0.6 is 0 Å². The van der Waals surface area contributed by atoms with Crippen LogP contribution in [-0.2, 0) is 19.1 Å². The van der Waals surface area contributed by atoms with E-state index in [9.17, 15) is 18.4 Å². The highest BCUT2D eigenvalue weighted by Gasteiger charge is 2.17. The van der Waals surface area contributed by atoms with E-state index in [1.807, 2.05) is 0 Å². The Morgan fingerprint density at radius 2 is 1.93 bits per heavy atom. The summed E-state index contributed by atoms with van der Waals surface area (Å²) < 4.78 is 32.6. The minimum absolute atomic E-state index is 0.0155. The van der Waals surface area contributed by atoms with Gasteiger partial charge in [0.15, 0.2) is 6.10 Å². The molecule has 0 bridgehead atoms. The van der Waals surface area contributed by atoms with Crippen LogP contribution in [-0.4, -0.2) is 38.5 Å². The van der Waals surface area contributed by atoms with Crippen molar-refractivity contribution in [1.29, 1.82) is 0 Å². The fourth-order valence-corrected chi connectivity index (χ4v) is 0.801. The zero-order valence-corrected chi connectivity index (χ0v) is 8.41. The molecular formula is C9H12F2O4. The molecule has 0 rings (SSSR count). The fraction of sp³-hybridized carbons (Fsp3) is 0.556. The second-order valence-corrected chi connectivity index (χ2v) is 2.59. The van der Waals surface area contributed by atoms with Gasteiger partial charge in [0.05, 0.1) is 7.11 Å². The van der Waals surface area contributed by atoms with E-state index in [1.54, 1.807) is 0 Å². The molecule has 1 atom stereocenters. The van der Waals surface area contributed by atoms with Crippen molar-refractivity contribution in [2.75, 3.05) is 14.2 Å². The lowest BCUT2D eigenvalue weighted by atomic mass is 10.2. The van der Waals surface area contributed by atoms with E-state index in [2.05, 4.69) is 4.74 Å². The number of alkyl halides is 2. The third kappa shape index (κ3) is 5.21. The van der Waals surface area contributed by atoms with Gasteiger partial charge in [-0.05, 0) is 6.08 Å². The SMILES string of the molecule is COC(=O)C(C/C=C/C(=O)C(F)F)OC. The van der Waals surface area contributed by atoms with E-state index < -0.39 is 24.3 Å². The van der Waals surface area contributed by atoms with Crippen LogP contribution in [0.2, 0.25) is 0 Å². The van der Waals surface area contributed by atoms with Crippen molar-refractivity contribution in [2.24, 2.45) is 0 Å². The molecule has 0 saturated carbocycles. The molecule has 0 heterocycles. The minimum Gasteiger partial charge on any atom is -0.467 e. The number of carbonyl (C=O) groups is 2. The number of hydrogen-bond donors (Lipinski definition) is 0. The Labute approximate surface area is 85.9 Å². The Balaban J connectivity index is 4.11. The van der Waals surface area contributed by atoms with Gasteiger partial charge in [-0.2, -0.15) is 0 Å². The first-order valence-electron chi connectivity index (χ1n) is 4.12. The summed E-state index contributed by atoms with van der Waals surface area (Å²) in [6.45, 7) is 0. The van der Waals surface area contributed by atoms with Crippen LogP contribution in [0.15, 0.2) is 12.2 Å². The van der Waals surface area contributed by atoms with Crippen LogP contribution in [0.3, 0.4) is 0 Å². The monoisotopic (exact) mass is 222 g/mol. The zero-order valence-electron chi connectivity index (χ0n) is 8.41. The van der Waals surface area contributed by atoms with Gasteiger partial charge in [-0.3, -0.25) is 4.79 Å². The largest absolute Gasteiger partial charge is 0.467 e. The summed E-state index contributed by atoms with van der Waals surface area (Å²) >= 11 is 0. The van der Waals surface area contributed by atoms with Crippen molar-refractivity contribution in [3.8, 4) is 0 Å². The van der Waals surface area contributed by atoms with Gasteiger partial charge in [0, 0.05) is 13.5 Å². The summed E-state index contributed by atoms with van der Waals surface area (Å²) in [6.07, 6.45) is -2.02. The van der Waals surface area contributed by atoms with Gasteiger partial charge in [-0.25, -0.2) is 13.6 Å². The summed E-state index contributed by atoms with van der Waals surface area (Å²) in [5, 5.41) is 0. The van der Waals surface area contributed by atoms with E-state index in [0.29, 0.717) is 0 Å². The second kappa shape index (κ2) is 7.05. The Morgan fingerprint density at radius 3 is 2.33 bits per heavy atom. The number of esters is 1. The number of carbonyl (C=O) groups excluding carboxylic acids is 2. The molecule has 4 nitrogen and oxygen atoms in total. The summed E-state index contributed by atoms with van der Waals surface area (Å²) in [4.78, 5) is 21.4.